The molecular formula is C29H28Cl2NO4P. The van der Waals surface area contributed by atoms with Crippen LogP contribution < -0.4 is 25.4 Å². The maximum atomic E-state index is 15.2. The van der Waals surface area contributed by atoms with Gasteiger partial charge in [0.1, 0.15) is 5.75 Å². The topological polar surface area (TPSA) is 67.8 Å². The first kappa shape index (κ1) is 27.1. The summed E-state index contributed by atoms with van der Waals surface area (Å²) in [7, 11) is -0.216. The summed E-state index contributed by atoms with van der Waals surface area (Å²) in [6, 6.07) is 27.4. The van der Waals surface area contributed by atoms with Gasteiger partial charge in [0.2, 0.25) is 0 Å². The van der Waals surface area contributed by atoms with E-state index in [0.29, 0.717) is 45.7 Å². The molecule has 0 amide bonds. The Labute approximate surface area is 227 Å². The third kappa shape index (κ3) is 5.81. The van der Waals surface area contributed by atoms with Crippen molar-refractivity contribution in [3.63, 3.8) is 0 Å². The van der Waals surface area contributed by atoms with Gasteiger partial charge in [0.05, 0.1) is 25.0 Å². The molecule has 0 spiro atoms. The zero-order chi connectivity index (χ0) is 26.4. The second-order valence-electron chi connectivity index (χ2n) is 8.45. The molecule has 4 aromatic carbocycles. The van der Waals surface area contributed by atoms with Gasteiger partial charge >= 0.3 is 0 Å². The first-order chi connectivity index (χ1) is 17.9. The summed E-state index contributed by atoms with van der Waals surface area (Å²) in [4.78, 5) is 0. The Morgan fingerprint density at radius 2 is 1.43 bits per heavy atom. The highest BCUT2D eigenvalue weighted by Crippen LogP contribution is 2.58. The highest BCUT2D eigenvalue weighted by molar-refractivity contribution is 7.79. The number of aromatic hydroxyl groups is 1. The van der Waals surface area contributed by atoms with Crippen LogP contribution in [0.2, 0.25) is 10.0 Å². The SMILES string of the molecule is COc1ccc(CCN[C@H](c2cc(Cl)cc(Cl)c2O)P(=O)(c2ccccc2)c2ccccc2)cc1OC. The Hall–Kier alpha value is -2.95. The maximum absolute atomic E-state index is 15.2. The molecule has 1 atom stereocenters. The van der Waals surface area contributed by atoms with Gasteiger partial charge in [-0.15, -0.1) is 0 Å². The summed E-state index contributed by atoms with van der Waals surface area (Å²) in [5.41, 5.74) is 1.38. The molecule has 37 heavy (non-hydrogen) atoms. The number of phenols is 1. The first-order valence-electron chi connectivity index (χ1n) is 11.7. The van der Waals surface area contributed by atoms with E-state index in [1.165, 1.54) is 6.07 Å². The zero-order valence-corrected chi connectivity index (χ0v) is 22.9. The van der Waals surface area contributed by atoms with Crippen molar-refractivity contribution in [3.05, 3.63) is 112 Å². The van der Waals surface area contributed by atoms with Crippen LogP contribution in [-0.4, -0.2) is 25.9 Å². The van der Waals surface area contributed by atoms with Crippen molar-refractivity contribution in [3.8, 4) is 17.2 Å². The van der Waals surface area contributed by atoms with Gasteiger partial charge in [0.25, 0.3) is 0 Å². The summed E-state index contributed by atoms with van der Waals surface area (Å²) in [5, 5.41) is 16.2. The summed E-state index contributed by atoms with van der Waals surface area (Å²) in [6.07, 6.45) is 0.607. The molecule has 8 heteroatoms. The van der Waals surface area contributed by atoms with E-state index in [1.54, 1.807) is 20.3 Å². The standard InChI is InChI=1S/C29H28Cl2NO4P/c1-35-26-14-13-20(17-27(26)36-2)15-16-32-29(24-18-21(30)19-25(31)28(24)33)37(34,22-9-5-3-6-10-22)23-11-7-4-8-12-23/h3-14,17-19,29,32-33H,15-16H2,1-2H3/t29-/m0/s1. The van der Waals surface area contributed by atoms with E-state index >= 15 is 4.57 Å². The van der Waals surface area contributed by atoms with E-state index in [1.807, 2.05) is 78.9 Å². The predicted molar refractivity (Wildman–Crippen MR) is 152 cm³/mol. The van der Waals surface area contributed by atoms with Gasteiger partial charge in [-0.2, -0.15) is 0 Å². The Balaban J connectivity index is 1.79. The number of phenolic OH excluding ortho intramolecular Hbond substituents is 1. The van der Waals surface area contributed by atoms with Crippen LogP contribution in [0.25, 0.3) is 0 Å². The van der Waals surface area contributed by atoms with Crippen LogP contribution in [0.4, 0.5) is 0 Å². The minimum absolute atomic E-state index is 0.0989. The van der Waals surface area contributed by atoms with E-state index in [-0.39, 0.29) is 10.8 Å². The summed E-state index contributed by atoms with van der Waals surface area (Å²) >= 11 is 12.7. The van der Waals surface area contributed by atoms with E-state index in [2.05, 4.69) is 5.32 Å². The molecule has 0 bridgehead atoms. The Bertz CT molecular complexity index is 1360. The van der Waals surface area contributed by atoms with E-state index < -0.39 is 12.9 Å². The lowest BCUT2D eigenvalue weighted by Gasteiger charge is -2.31. The van der Waals surface area contributed by atoms with Crippen LogP contribution in [0.15, 0.2) is 91.0 Å². The average molecular weight is 556 g/mol. The van der Waals surface area contributed by atoms with Crippen molar-refractivity contribution in [2.45, 2.75) is 12.2 Å². The fourth-order valence-electron chi connectivity index (χ4n) is 4.36. The molecule has 0 unspecified atom stereocenters. The van der Waals surface area contributed by atoms with Crippen LogP contribution in [0.3, 0.4) is 0 Å². The van der Waals surface area contributed by atoms with Gasteiger partial charge in [-0.3, -0.25) is 0 Å². The largest absolute Gasteiger partial charge is 0.506 e. The fourth-order valence-corrected chi connectivity index (χ4v) is 7.97. The minimum Gasteiger partial charge on any atom is -0.506 e. The molecule has 192 valence electrons. The lowest BCUT2D eigenvalue weighted by atomic mass is 10.1. The molecular weight excluding hydrogens is 528 g/mol. The molecule has 0 aliphatic rings. The second kappa shape index (κ2) is 12.1. The Morgan fingerprint density at radius 3 is 2.00 bits per heavy atom. The number of hydrogen-bond acceptors (Lipinski definition) is 5. The lowest BCUT2D eigenvalue weighted by molar-refractivity contribution is 0.354. The number of ether oxygens (including phenoxy) is 2. The number of methoxy groups -OCH3 is 2. The minimum atomic E-state index is -3.41. The van der Waals surface area contributed by atoms with Crippen LogP contribution in [0.5, 0.6) is 17.2 Å². The van der Waals surface area contributed by atoms with Gasteiger partial charge in [-0.1, -0.05) is 89.9 Å². The van der Waals surface area contributed by atoms with Gasteiger partial charge in [0, 0.05) is 27.7 Å². The molecule has 0 radical (unpaired) electrons. The van der Waals surface area contributed by atoms with Crippen molar-refractivity contribution in [2.75, 3.05) is 20.8 Å². The summed E-state index contributed by atoms with van der Waals surface area (Å²) < 4.78 is 26.0. The smallest absolute Gasteiger partial charge is 0.163 e. The number of benzene rings is 4. The zero-order valence-electron chi connectivity index (χ0n) is 20.5. The molecule has 0 saturated carbocycles. The molecule has 0 heterocycles. The monoisotopic (exact) mass is 555 g/mol. The Kier molecular flexibility index (Phi) is 8.83. The van der Waals surface area contributed by atoms with Gasteiger partial charge in [-0.05, 0) is 36.2 Å². The molecule has 2 N–H and O–H groups in total. The predicted octanol–water partition coefficient (Wildman–Crippen LogP) is 6.56. The fraction of sp³-hybridized carbons (Fsp3) is 0.172. The maximum Gasteiger partial charge on any atom is 0.163 e. The highest BCUT2D eigenvalue weighted by Gasteiger charge is 2.39. The third-order valence-corrected chi connectivity index (χ3v) is 10.0. The van der Waals surface area contributed by atoms with Crippen LogP contribution >= 0.6 is 30.3 Å². The third-order valence-electron chi connectivity index (χ3n) is 6.19. The normalized spacial score (nSPS) is 12.2. The van der Waals surface area contributed by atoms with Gasteiger partial charge in [0.15, 0.2) is 18.6 Å². The number of nitrogens with one attached hydrogen (secondary N) is 1. The van der Waals surface area contributed by atoms with Crippen molar-refractivity contribution >= 4 is 41.0 Å². The average Bonchev–Trinajstić information content (AvgIpc) is 2.93. The van der Waals surface area contributed by atoms with Crippen molar-refractivity contribution in [1.82, 2.24) is 5.32 Å². The van der Waals surface area contributed by atoms with Crippen molar-refractivity contribution < 1.29 is 19.1 Å². The number of hydrogen-bond donors (Lipinski definition) is 2. The highest BCUT2D eigenvalue weighted by atomic mass is 35.5. The van der Waals surface area contributed by atoms with Crippen LogP contribution in [0, 0.1) is 0 Å². The molecule has 0 aromatic heterocycles. The van der Waals surface area contributed by atoms with E-state index in [9.17, 15) is 5.11 Å². The van der Waals surface area contributed by atoms with Gasteiger partial charge in [-0.25, -0.2) is 0 Å². The molecule has 5 nitrogen and oxygen atoms in total. The summed E-state index contributed by atoms with van der Waals surface area (Å²) in [5.74, 6) is 0.332. The molecule has 4 rings (SSSR count). The van der Waals surface area contributed by atoms with Crippen LogP contribution in [0.1, 0.15) is 16.9 Å². The number of halogens is 2. The quantitative estimate of drug-likeness (QED) is 0.217. The van der Waals surface area contributed by atoms with Crippen LogP contribution in [-0.2, 0) is 11.0 Å². The van der Waals surface area contributed by atoms with Crippen molar-refractivity contribution in [1.29, 1.82) is 0 Å². The first-order valence-corrected chi connectivity index (χ1v) is 14.2. The molecule has 0 aliphatic carbocycles. The van der Waals surface area contributed by atoms with E-state index in [4.69, 9.17) is 32.7 Å². The number of rotatable bonds is 10. The Morgan fingerprint density at radius 1 is 0.838 bits per heavy atom. The molecule has 0 fully saturated rings. The van der Waals surface area contributed by atoms with Gasteiger partial charge < -0.3 is 24.5 Å². The molecule has 0 saturated heterocycles. The van der Waals surface area contributed by atoms with Crippen molar-refractivity contribution in [2.24, 2.45) is 0 Å². The molecule has 4 aromatic rings. The van der Waals surface area contributed by atoms with E-state index in [0.717, 1.165) is 5.56 Å². The molecule has 0 aliphatic heterocycles. The second-order valence-corrected chi connectivity index (χ2v) is 12.2. The lowest BCUT2D eigenvalue weighted by Crippen LogP contribution is -2.32. The summed E-state index contributed by atoms with van der Waals surface area (Å²) in [6.45, 7) is 0.452.